The first-order valence-electron chi connectivity index (χ1n) is 11.7. The normalized spacial score (nSPS) is 45.0. The molecule has 8 atom stereocenters. The van der Waals surface area contributed by atoms with E-state index in [0.29, 0.717) is 41.1 Å². The van der Waals surface area contributed by atoms with Crippen LogP contribution in [0.15, 0.2) is 11.8 Å². The fourth-order valence-electron chi connectivity index (χ4n) is 7.97. The van der Waals surface area contributed by atoms with Crippen molar-refractivity contribution in [3.63, 3.8) is 0 Å². The first-order chi connectivity index (χ1) is 14.4. The van der Waals surface area contributed by atoms with Crippen molar-refractivity contribution in [1.82, 2.24) is 0 Å². The van der Waals surface area contributed by atoms with Crippen molar-refractivity contribution in [1.29, 1.82) is 0 Å². The molecule has 3 saturated carbocycles. The number of halogens is 2. The molecule has 0 amide bonds. The van der Waals surface area contributed by atoms with Crippen LogP contribution < -0.4 is 0 Å². The van der Waals surface area contributed by atoms with Crippen LogP contribution in [0.4, 0.5) is 0 Å². The molecule has 0 aromatic heterocycles. The molecule has 170 valence electrons. The molecule has 30 heavy (non-hydrogen) atoms. The summed E-state index contributed by atoms with van der Waals surface area (Å²) in [5, 5.41) is 0. The summed E-state index contributed by atoms with van der Waals surface area (Å²) in [5.74, 6) is 4.46. The highest BCUT2D eigenvalue weighted by Crippen LogP contribution is 2.68. The van der Waals surface area contributed by atoms with E-state index >= 15 is 0 Å². The lowest BCUT2D eigenvalue weighted by Gasteiger charge is -2.59. The van der Waals surface area contributed by atoms with Crippen molar-refractivity contribution in [2.75, 3.05) is 7.11 Å². The SMILES string of the molecule is COC(=O)CCCC1CCC2C3C(OI)=C[C@@H]4C[C@H](OI)CC[C@]4(C)C3CCC12C. The molecular formula is C24H36I2O4. The summed E-state index contributed by atoms with van der Waals surface area (Å²) in [7, 11) is 1.49. The highest BCUT2D eigenvalue weighted by Gasteiger charge is 2.61. The lowest BCUT2D eigenvalue weighted by atomic mass is 9.46. The largest absolute Gasteiger partial charge is 0.469 e. The van der Waals surface area contributed by atoms with Gasteiger partial charge in [-0.3, -0.25) is 4.79 Å². The number of fused-ring (bicyclic) bond motifs is 5. The average molecular weight is 642 g/mol. The fraction of sp³-hybridized carbons (Fsp3) is 0.875. The Kier molecular flexibility index (Phi) is 7.35. The quantitative estimate of drug-likeness (QED) is 0.227. The van der Waals surface area contributed by atoms with Gasteiger partial charge in [0.05, 0.1) is 13.2 Å². The summed E-state index contributed by atoms with van der Waals surface area (Å²) in [6, 6.07) is 0. The molecule has 0 N–H and O–H groups in total. The van der Waals surface area contributed by atoms with Gasteiger partial charge in [-0.2, -0.15) is 0 Å². The van der Waals surface area contributed by atoms with E-state index in [1.54, 1.807) is 0 Å². The van der Waals surface area contributed by atoms with E-state index < -0.39 is 0 Å². The molecule has 6 heteroatoms. The topological polar surface area (TPSA) is 44.8 Å². The summed E-state index contributed by atoms with van der Waals surface area (Å²) < 4.78 is 16.6. The second-order valence-electron chi connectivity index (χ2n) is 10.8. The van der Waals surface area contributed by atoms with Crippen molar-refractivity contribution < 1.29 is 15.7 Å². The van der Waals surface area contributed by atoms with E-state index in [9.17, 15) is 4.79 Å². The van der Waals surface area contributed by atoms with Crippen molar-refractivity contribution >= 4 is 52.0 Å². The van der Waals surface area contributed by atoms with Crippen molar-refractivity contribution in [3.05, 3.63) is 11.8 Å². The maximum absolute atomic E-state index is 11.6. The lowest BCUT2D eigenvalue weighted by Crippen LogP contribution is -2.53. The van der Waals surface area contributed by atoms with Crippen LogP contribution in [-0.2, 0) is 15.7 Å². The smallest absolute Gasteiger partial charge is 0.305 e. The molecule has 0 saturated heterocycles. The Morgan fingerprint density at radius 3 is 2.53 bits per heavy atom. The summed E-state index contributed by atoms with van der Waals surface area (Å²) in [6.45, 7) is 5.11. The number of allylic oxidation sites excluding steroid dienone is 2. The number of carbonyl (C=O) groups excluding carboxylic acids is 1. The van der Waals surface area contributed by atoms with Gasteiger partial charge in [-0.1, -0.05) is 13.8 Å². The lowest BCUT2D eigenvalue weighted by molar-refractivity contribution is -0.140. The summed E-state index contributed by atoms with van der Waals surface area (Å²) in [4.78, 5) is 11.6. The van der Waals surface area contributed by atoms with E-state index in [-0.39, 0.29) is 5.97 Å². The van der Waals surface area contributed by atoms with Gasteiger partial charge in [0.25, 0.3) is 0 Å². The molecular weight excluding hydrogens is 606 g/mol. The van der Waals surface area contributed by atoms with Crippen LogP contribution in [0.3, 0.4) is 0 Å². The molecule has 4 rings (SSSR count). The number of hydrogen-bond donors (Lipinski definition) is 0. The molecule has 0 spiro atoms. The third-order valence-electron chi connectivity index (χ3n) is 9.75. The molecule has 0 radical (unpaired) electrons. The van der Waals surface area contributed by atoms with Crippen LogP contribution in [0, 0.1) is 40.4 Å². The zero-order chi connectivity index (χ0) is 21.5. The highest BCUT2D eigenvalue weighted by molar-refractivity contribution is 14.1. The Labute approximate surface area is 210 Å². The molecule has 4 aliphatic carbocycles. The molecule has 3 fully saturated rings. The maximum atomic E-state index is 11.6. The van der Waals surface area contributed by atoms with E-state index in [1.165, 1.54) is 51.4 Å². The molecule has 0 heterocycles. The monoisotopic (exact) mass is 642 g/mol. The second kappa shape index (κ2) is 9.35. The third-order valence-corrected chi connectivity index (χ3v) is 11.0. The number of carbonyl (C=O) groups is 1. The van der Waals surface area contributed by atoms with Crippen LogP contribution in [0.25, 0.3) is 0 Å². The van der Waals surface area contributed by atoms with Gasteiger partial charge in [0.1, 0.15) is 28.8 Å². The van der Waals surface area contributed by atoms with Gasteiger partial charge in [0.15, 0.2) is 23.0 Å². The van der Waals surface area contributed by atoms with E-state index in [4.69, 9.17) is 10.9 Å². The summed E-state index contributed by atoms with van der Waals surface area (Å²) in [6.07, 6.45) is 14.4. The van der Waals surface area contributed by atoms with Crippen LogP contribution in [0.1, 0.15) is 78.1 Å². The van der Waals surface area contributed by atoms with Gasteiger partial charge < -0.3 is 10.9 Å². The van der Waals surface area contributed by atoms with Crippen molar-refractivity contribution in [2.24, 2.45) is 40.4 Å². The molecule has 0 aromatic rings. The van der Waals surface area contributed by atoms with E-state index in [1.807, 2.05) is 0 Å². The van der Waals surface area contributed by atoms with Crippen LogP contribution in [0.5, 0.6) is 0 Å². The Balaban J connectivity index is 1.55. The van der Waals surface area contributed by atoms with Gasteiger partial charge in [-0.25, -0.2) is 0 Å². The molecule has 0 aromatic carbocycles. The van der Waals surface area contributed by atoms with E-state index in [2.05, 4.69) is 65.9 Å². The van der Waals surface area contributed by atoms with Crippen LogP contribution >= 0.6 is 46.0 Å². The second-order valence-corrected chi connectivity index (χ2v) is 11.7. The molecule has 5 unspecified atom stereocenters. The highest BCUT2D eigenvalue weighted by atomic mass is 127. The van der Waals surface area contributed by atoms with Crippen molar-refractivity contribution in [2.45, 2.75) is 84.2 Å². The predicted molar refractivity (Wildman–Crippen MR) is 134 cm³/mol. The number of esters is 1. The molecule has 0 aliphatic heterocycles. The zero-order valence-corrected chi connectivity index (χ0v) is 22.8. The first kappa shape index (κ1) is 23.6. The first-order valence-corrected chi connectivity index (χ1v) is 13.5. The molecule has 4 aliphatic rings. The Morgan fingerprint density at radius 2 is 1.83 bits per heavy atom. The predicted octanol–water partition coefficient (Wildman–Crippen LogP) is 7.19. The van der Waals surface area contributed by atoms with Gasteiger partial charge >= 0.3 is 5.97 Å². The van der Waals surface area contributed by atoms with Gasteiger partial charge in [0.2, 0.25) is 0 Å². The minimum Gasteiger partial charge on any atom is -0.469 e. The molecule has 4 nitrogen and oxygen atoms in total. The average Bonchev–Trinajstić information content (AvgIpc) is 3.09. The van der Waals surface area contributed by atoms with Gasteiger partial charge in [-0.15, -0.1) is 0 Å². The maximum Gasteiger partial charge on any atom is 0.305 e. The number of hydrogen-bond acceptors (Lipinski definition) is 4. The minimum atomic E-state index is -0.0701. The fourth-order valence-corrected chi connectivity index (χ4v) is 8.87. The standard InChI is InChI=1S/C24H36I2O4/c1-23-12-10-19-22(18(23)8-7-15(23)5-4-6-21(27)28-3)20(30-26)14-16-13-17(29-25)9-11-24(16,19)2/h14-19,22H,4-13H2,1-3H3/t15?,16-,17+,18?,19?,22?,23?,24-/m0/s1. The Bertz CT molecular complexity index is 682. The summed E-state index contributed by atoms with van der Waals surface area (Å²) >= 11 is 4.21. The van der Waals surface area contributed by atoms with Gasteiger partial charge in [-0.05, 0) is 98.4 Å². The van der Waals surface area contributed by atoms with Crippen molar-refractivity contribution in [3.8, 4) is 0 Å². The third kappa shape index (κ3) is 3.97. The van der Waals surface area contributed by atoms with E-state index in [0.717, 1.165) is 31.1 Å². The Hall–Kier alpha value is 0.430. The summed E-state index contributed by atoms with van der Waals surface area (Å²) in [5.41, 5.74) is 0.747. The van der Waals surface area contributed by atoms with Gasteiger partial charge in [0, 0.05) is 12.3 Å². The number of methoxy groups -OCH3 is 1. The molecule has 0 bridgehead atoms. The number of ether oxygens (including phenoxy) is 1. The number of rotatable bonds is 6. The van der Waals surface area contributed by atoms with Crippen LogP contribution in [-0.4, -0.2) is 19.2 Å². The minimum absolute atomic E-state index is 0.0701. The van der Waals surface area contributed by atoms with Crippen LogP contribution in [0.2, 0.25) is 0 Å². The zero-order valence-electron chi connectivity index (χ0n) is 18.5. The Morgan fingerprint density at radius 1 is 1.10 bits per heavy atom.